The fraction of sp³-hybridized carbons (Fsp3) is 0.357. The largest absolute Gasteiger partial charge is 0.395 e. The first-order valence-corrected chi connectivity index (χ1v) is 6.51. The van der Waals surface area contributed by atoms with Gasteiger partial charge in [-0.15, -0.1) is 0 Å². The van der Waals surface area contributed by atoms with E-state index < -0.39 is 0 Å². The van der Waals surface area contributed by atoms with E-state index in [0.717, 1.165) is 30.2 Å². The van der Waals surface area contributed by atoms with Gasteiger partial charge in [-0.2, -0.15) is 5.10 Å². The van der Waals surface area contributed by atoms with E-state index in [1.165, 1.54) is 0 Å². The predicted molar refractivity (Wildman–Crippen MR) is 77.3 cm³/mol. The van der Waals surface area contributed by atoms with Crippen molar-refractivity contribution in [3.05, 3.63) is 42.2 Å². The van der Waals surface area contributed by atoms with E-state index in [1.807, 2.05) is 18.2 Å². The van der Waals surface area contributed by atoms with E-state index in [-0.39, 0.29) is 6.61 Å². The number of aliphatic hydroxyl groups excluding tert-OH is 1. The lowest BCUT2D eigenvalue weighted by Crippen LogP contribution is -2.25. The number of rotatable bonds is 7. The highest BCUT2D eigenvalue weighted by Gasteiger charge is 2.03. The predicted octanol–water partition coefficient (Wildman–Crippen LogP) is 1.84. The Hall–Kier alpha value is -2.01. The van der Waals surface area contributed by atoms with Gasteiger partial charge in [0.25, 0.3) is 0 Å². The molecule has 2 aromatic rings. The second kappa shape index (κ2) is 6.80. The highest BCUT2D eigenvalue weighted by atomic mass is 16.3. The molecule has 0 bridgehead atoms. The average Bonchev–Trinajstić information content (AvgIpc) is 2.96. The molecule has 1 aromatic carbocycles. The molecule has 19 heavy (non-hydrogen) atoms. The Morgan fingerprint density at radius 2 is 2.05 bits per heavy atom. The zero-order chi connectivity index (χ0) is 13.5. The van der Waals surface area contributed by atoms with Gasteiger partial charge in [0.15, 0.2) is 0 Å². The first-order valence-electron chi connectivity index (χ1n) is 6.51. The summed E-state index contributed by atoms with van der Waals surface area (Å²) in [6, 6.07) is 10.2. The molecule has 102 valence electrons. The Morgan fingerprint density at radius 3 is 2.63 bits per heavy atom. The number of nitrogens with one attached hydrogen (secondary N) is 2. The molecule has 0 fully saturated rings. The number of aliphatic hydroxyl groups is 1. The summed E-state index contributed by atoms with van der Waals surface area (Å²) < 4.78 is 0. The molecule has 2 rings (SSSR count). The molecular weight excluding hydrogens is 240 g/mol. The van der Waals surface area contributed by atoms with Crippen LogP contribution in [-0.2, 0) is 6.54 Å². The monoisotopic (exact) mass is 260 g/mol. The average molecular weight is 260 g/mol. The molecule has 0 saturated heterocycles. The topological polar surface area (TPSA) is 64.2 Å². The van der Waals surface area contributed by atoms with Crippen LogP contribution >= 0.6 is 0 Å². The minimum Gasteiger partial charge on any atom is -0.395 e. The maximum absolute atomic E-state index is 9.01. The number of likely N-dealkylation sites (N-methyl/N-ethyl adjacent to an activating group) is 1. The first kappa shape index (κ1) is 13.4. The minimum atomic E-state index is 0.174. The molecular formula is C14H20N4O. The van der Waals surface area contributed by atoms with Crippen LogP contribution in [0.4, 0.5) is 11.4 Å². The number of benzene rings is 1. The second-order valence-corrected chi connectivity index (χ2v) is 4.29. The summed E-state index contributed by atoms with van der Waals surface area (Å²) in [5.41, 5.74) is 3.25. The Bertz CT molecular complexity index is 467. The number of hydrogen-bond acceptors (Lipinski definition) is 4. The third-order valence-electron chi connectivity index (χ3n) is 3.03. The molecule has 5 heteroatoms. The van der Waals surface area contributed by atoms with Gasteiger partial charge in [-0.3, -0.25) is 5.10 Å². The molecule has 0 aliphatic heterocycles. The molecule has 0 saturated carbocycles. The second-order valence-electron chi connectivity index (χ2n) is 4.29. The fourth-order valence-corrected chi connectivity index (χ4v) is 1.96. The fourth-order valence-electron chi connectivity index (χ4n) is 1.96. The summed E-state index contributed by atoms with van der Waals surface area (Å²) in [5.74, 6) is 0. The summed E-state index contributed by atoms with van der Waals surface area (Å²) in [6.07, 6.45) is 1.74. The SMILES string of the molecule is CCN(CCO)c1ccc(NCc2ccn[nH]2)cc1. The van der Waals surface area contributed by atoms with Crippen LogP contribution in [0.3, 0.4) is 0 Å². The summed E-state index contributed by atoms with van der Waals surface area (Å²) in [7, 11) is 0. The van der Waals surface area contributed by atoms with Crippen molar-refractivity contribution in [1.82, 2.24) is 10.2 Å². The molecule has 3 N–H and O–H groups in total. The molecule has 0 unspecified atom stereocenters. The third kappa shape index (κ3) is 3.72. The highest BCUT2D eigenvalue weighted by Crippen LogP contribution is 2.18. The third-order valence-corrected chi connectivity index (χ3v) is 3.03. The van der Waals surface area contributed by atoms with Crippen molar-refractivity contribution in [3.63, 3.8) is 0 Å². The van der Waals surface area contributed by atoms with Crippen LogP contribution in [0.2, 0.25) is 0 Å². The lowest BCUT2D eigenvalue weighted by Gasteiger charge is -2.22. The molecule has 0 atom stereocenters. The quantitative estimate of drug-likeness (QED) is 0.711. The van der Waals surface area contributed by atoms with E-state index in [4.69, 9.17) is 5.11 Å². The van der Waals surface area contributed by atoms with Gasteiger partial charge in [-0.1, -0.05) is 0 Å². The highest BCUT2D eigenvalue weighted by molar-refractivity contribution is 5.55. The van der Waals surface area contributed by atoms with Gasteiger partial charge in [0.05, 0.1) is 18.8 Å². The zero-order valence-corrected chi connectivity index (χ0v) is 11.1. The van der Waals surface area contributed by atoms with E-state index in [0.29, 0.717) is 6.54 Å². The number of nitrogens with zero attached hydrogens (tertiary/aromatic N) is 2. The van der Waals surface area contributed by atoms with Crippen molar-refractivity contribution in [2.45, 2.75) is 13.5 Å². The number of anilines is 2. The lowest BCUT2D eigenvalue weighted by molar-refractivity contribution is 0.302. The van der Waals surface area contributed by atoms with Crippen LogP contribution in [0.1, 0.15) is 12.6 Å². The summed E-state index contributed by atoms with van der Waals surface area (Å²) >= 11 is 0. The van der Waals surface area contributed by atoms with E-state index in [1.54, 1.807) is 6.20 Å². The van der Waals surface area contributed by atoms with Crippen LogP contribution in [-0.4, -0.2) is 35.0 Å². The van der Waals surface area contributed by atoms with Crippen molar-refractivity contribution < 1.29 is 5.11 Å². The Morgan fingerprint density at radius 1 is 1.26 bits per heavy atom. The smallest absolute Gasteiger partial charge is 0.0606 e. The van der Waals surface area contributed by atoms with Gasteiger partial charge in [-0.25, -0.2) is 0 Å². The Labute approximate surface area is 113 Å². The molecule has 0 spiro atoms. The summed E-state index contributed by atoms with van der Waals surface area (Å²) in [6.45, 7) is 4.54. The Kier molecular flexibility index (Phi) is 4.80. The van der Waals surface area contributed by atoms with E-state index in [9.17, 15) is 0 Å². The number of H-pyrrole nitrogens is 1. The molecule has 0 aliphatic carbocycles. The summed E-state index contributed by atoms with van der Waals surface area (Å²) in [4.78, 5) is 2.14. The van der Waals surface area contributed by atoms with E-state index >= 15 is 0 Å². The standard InChI is InChI=1S/C14H20N4O/c1-2-18(9-10-19)14-5-3-12(4-6-14)15-11-13-7-8-16-17-13/h3-8,15,19H,2,9-11H2,1H3,(H,16,17). The maximum atomic E-state index is 9.01. The lowest BCUT2D eigenvalue weighted by atomic mass is 10.2. The van der Waals surface area contributed by atoms with Crippen molar-refractivity contribution in [3.8, 4) is 0 Å². The number of hydrogen-bond donors (Lipinski definition) is 3. The normalized spacial score (nSPS) is 10.4. The van der Waals surface area contributed by atoms with Crippen LogP contribution in [0, 0.1) is 0 Å². The molecule has 1 aromatic heterocycles. The van der Waals surface area contributed by atoms with Crippen molar-refractivity contribution in [2.24, 2.45) is 0 Å². The number of aromatic amines is 1. The van der Waals surface area contributed by atoms with Crippen LogP contribution in [0.15, 0.2) is 36.5 Å². The van der Waals surface area contributed by atoms with Crippen molar-refractivity contribution in [2.75, 3.05) is 29.9 Å². The van der Waals surface area contributed by atoms with Crippen LogP contribution < -0.4 is 10.2 Å². The van der Waals surface area contributed by atoms with Gasteiger partial charge < -0.3 is 15.3 Å². The van der Waals surface area contributed by atoms with Gasteiger partial charge in [0.1, 0.15) is 0 Å². The molecule has 0 aliphatic rings. The van der Waals surface area contributed by atoms with E-state index in [2.05, 4.69) is 39.5 Å². The number of aromatic nitrogens is 2. The molecule has 0 radical (unpaired) electrons. The zero-order valence-electron chi connectivity index (χ0n) is 11.1. The van der Waals surface area contributed by atoms with Gasteiger partial charge >= 0.3 is 0 Å². The molecule has 5 nitrogen and oxygen atoms in total. The van der Waals surface area contributed by atoms with Gasteiger partial charge in [0.2, 0.25) is 0 Å². The van der Waals surface area contributed by atoms with Crippen LogP contribution in [0.5, 0.6) is 0 Å². The van der Waals surface area contributed by atoms with Gasteiger partial charge in [0, 0.05) is 30.7 Å². The van der Waals surface area contributed by atoms with Crippen LogP contribution in [0.25, 0.3) is 0 Å². The maximum Gasteiger partial charge on any atom is 0.0606 e. The minimum absolute atomic E-state index is 0.174. The first-order chi connectivity index (χ1) is 9.33. The van der Waals surface area contributed by atoms with Crippen molar-refractivity contribution >= 4 is 11.4 Å². The Balaban J connectivity index is 1.93. The molecule has 0 amide bonds. The summed E-state index contributed by atoms with van der Waals surface area (Å²) in [5, 5.41) is 19.2. The molecule has 1 heterocycles. The van der Waals surface area contributed by atoms with Gasteiger partial charge in [-0.05, 0) is 37.3 Å². The van der Waals surface area contributed by atoms with Crippen molar-refractivity contribution in [1.29, 1.82) is 0 Å².